The molecule has 0 aromatic rings. The van der Waals surface area contributed by atoms with Crippen molar-refractivity contribution in [3.8, 4) is 0 Å². The highest BCUT2D eigenvalue weighted by molar-refractivity contribution is 6.21. The van der Waals surface area contributed by atoms with E-state index in [1.54, 1.807) is 0 Å². The van der Waals surface area contributed by atoms with Crippen LogP contribution >= 0.6 is 0 Å². The smallest absolute Gasteiger partial charge is 0.0696 e. The van der Waals surface area contributed by atoms with E-state index in [0.717, 1.165) is 0 Å². The van der Waals surface area contributed by atoms with Gasteiger partial charge in [0.25, 0.3) is 0 Å². The summed E-state index contributed by atoms with van der Waals surface area (Å²) in [5.41, 5.74) is 0. The van der Waals surface area contributed by atoms with E-state index >= 15 is 0 Å². The first kappa shape index (κ1) is 8.23. The fourth-order valence-electron chi connectivity index (χ4n) is 1.67. The van der Waals surface area contributed by atoms with Gasteiger partial charge in [-0.05, 0) is 11.8 Å². The molecule has 1 rings (SSSR count). The maximum atomic E-state index is 5.89. The second-order valence-electron chi connectivity index (χ2n) is 3.69. The molecule has 0 nitrogen and oxygen atoms in total. The lowest BCUT2D eigenvalue weighted by Gasteiger charge is -2.37. The zero-order chi connectivity index (χ0) is 7.72. The molecule has 52 valence electrons. The Hall–Kier alpha value is 0.130. The molecule has 0 heterocycles. The third kappa shape index (κ3) is 1.41. The summed E-state index contributed by atoms with van der Waals surface area (Å²) in [4.78, 5) is 0. The molecule has 0 bridgehead atoms. The summed E-state index contributed by atoms with van der Waals surface area (Å²) in [7, 11) is 11.8. The van der Waals surface area contributed by atoms with Gasteiger partial charge in [-0.3, -0.25) is 0 Å². The van der Waals surface area contributed by atoms with Crippen LogP contribution in [0.5, 0.6) is 0 Å². The molecule has 0 amide bonds. The van der Waals surface area contributed by atoms with Crippen LogP contribution in [0.15, 0.2) is 0 Å². The maximum Gasteiger partial charge on any atom is 0.0696 e. The molecule has 2 heteroatoms. The first-order valence-corrected chi connectivity index (χ1v) is 4.14. The molecule has 0 N–H and O–H groups in total. The third-order valence-corrected chi connectivity index (χ3v) is 2.84. The summed E-state index contributed by atoms with van der Waals surface area (Å²) < 4.78 is 0. The summed E-state index contributed by atoms with van der Waals surface area (Å²) in [6.07, 6.45) is 2.49. The lowest BCUT2D eigenvalue weighted by molar-refractivity contribution is 0.309. The van der Waals surface area contributed by atoms with Crippen molar-refractivity contribution in [2.45, 2.75) is 38.3 Å². The molecule has 1 aliphatic carbocycles. The van der Waals surface area contributed by atoms with Crippen molar-refractivity contribution in [2.24, 2.45) is 11.8 Å². The minimum atomic E-state index is 0.226. The monoisotopic (exact) mass is 132 g/mol. The lowest BCUT2D eigenvalue weighted by Crippen LogP contribution is -2.24. The SMILES string of the molecule is [B]C1C(C)CCC(C)C1[B]. The van der Waals surface area contributed by atoms with Gasteiger partial charge in [-0.25, -0.2) is 0 Å². The number of hydrogen-bond acceptors (Lipinski definition) is 0. The van der Waals surface area contributed by atoms with E-state index in [2.05, 4.69) is 13.8 Å². The average molecular weight is 132 g/mol. The summed E-state index contributed by atoms with van der Waals surface area (Å²) >= 11 is 0. The zero-order valence-electron chi connectivity index (χ0n) is 6.88. The first-order chi connectivity index (χ1) is 4.63. The fourth-order valence-corrected chi connectivity index (χ4v) is 1.67. The van der Waals surface area contributed by atoms with E-state index in [1.165, 1.54) is 12.8 Å². The van der Waals surface area contributed by atoms with E-state index in [1.807, 2.05) is 0 Å². The minimum Gasteiger partial charge on any atom is -0.0795 e. The molecule has 4 radical (unpaired) electrons. The molecule has 4 atom stereocenters. The van der Waals surface area contributed by atoms with Crippen LogP contribution in [0.4, 0.5) is 0 Å². The highest BCUT2D eigenvalue weighted by atomic mass is 14.3. The largest absolute Gasteiger partial charge is 0.0795 e. The van der Waals surface area contributed by atoms with Gasteiger partial charge in [0.2, 0.25) is 0 Å². The van der Waals surface area contributed by atoms with Crippen molar-refractivity contribution < 1.29 is 0 Å². The van der Waals surface area contributed by atoms with E-state index < -0.39 is 0 Å². The Bertz CT molecular complexity index is 99.8. The normalized spacial score (nSPS) is 49.0. The Morgan fingerprint density at radius 1 is 0.900 bits per heavy atom. The molecule has 0 aromatic carbocycles. The summed E-state index contributed by atoms with van der Waals surface area (Å²) in [5.74, 6) is 1.69. The fraction of sp³-hybridized carbons (Fsp3) is 1.00. The van der Waals surface area contributed by atoms with Gasteiger partial charge in [-0.2, -0.15) is 0 Å². The van der Waals surface area contributed by atoms with Crippen LogP contribution in [0.3, 0.4) is 0 Å². The third-order valence-electron chi connectivity index (χ3n) is 2.84. The van der Waals surface area contributed by atoms with Crippen LogP contribution < -0.4 is 0 Å². The van der Waals surface area contributed by atoms with Gasteiger partial charge in [0.1, 0.15) is 0 Å². The Labute approximate surface area is 66.6 Å². The maximum absolute atomic E-state index is 5.89. The quantitative estimate of drug-likeness (QED) is 0.441. The van der Waals surface area contributed by atoms with Gasteiger partial charge in [0.05, 0.1) is 15.7 Å². The van der Waals surface area contributed by atoms with E-state index in [4.69, 9.17) is 15.7 Å². The van der Waals surface area contributed by atoms with Crippen molar-refractivity contribution in [3.05, 3.63) is 0 Å². The van der Waals surface area contributed by atoms with Crippen LogP contribution in [0.1, 0.15) is 26.7 Å². The Kier molecular flexibility index (Phi) is 2.49. The highest BCUT2D eigenvalue weighted by Crippen LogP contribution is 2.42. The molecule has 10 heavy (non-hydrogen) atoms. The minimum absolute atomic E-state index is 0.226. The number of hydrogen-bond donors (Lipinski definition) is 0. The summed E-state index contributed by atoms with van der Waals surface area (Å²) in [6.45, 7) is 4.38. The van der Waals surface area contributed by atoms with Gasteiger partial charge >= 0.3 is 0 Å². The van der Waals surface area contributed by atoms with Gasteiger partial charge in [-0.1, -0.05) is 38.3 Å². The van der Waals surface area contributed by atoms with Crippen molar-refractivity contribution in [1.82, 2.24) is 0 Å². The molecule has 0 aromatic heterocycles. The van der Waals surface area contributed by atoms with Crippen molar-refractivity contribution in [2.75, 3.05) is 0 Å². The summed E-state index contributed by atoms with van der Waals surface area (Å²) in [6, 6.07) is 0. The molecule has 0 saturated heterocycles. The lowest BCUT2D eigenvalue weighted by atomic mass is 9.53. The predicted molar refractivity (Wildman–Crippen MR) is 46.6 cm³/mol. The van der Waals surface area contributed by atoms with Gasteiger partial charge in [0.15, 0.2) is 0 Å². The van der Waals surface area contributed by atoms with E-state index in [9.17, 15) is 0 Å². The Morgan fingerprint density at radius 2 is 1.20 bits per heavy atom. The molecule has 1 saturated carbocycles. The van der Waals surface area contributed by atoms with Gasteiger partial charge in [-0.15, -0.1) is 0 Å². The summed E-state index contributed by atoms with van der Waals surface area (Å²) in [5, 5.41) is 0. The highest BCUT2D eigenvalue weighted by Gasteiger charge is 2.27. The van der Waals surface area contributed by atoms with Gasteiger partial charge in [0, 0.05) is 0 Å². The standard InChI is InChI=1S/C8H14B2/c1-5-3-4-6(2)8(10)7(5)9/h5-8H,3-4H2,1-2H3. The van der Waals surface area contributed by atoms with Crippen LogP contribution in [-0.4, -0.2) is 15.7 Å². The molecule has 4 unspecified atom stereocenters. The molecular formula is C8H14B2. The second-order valence-corrected chi connectivity index (χ2v) is 3.69. The Balaban J connectivity index is 2.52. The van der Waals surface area contributed by atoms with E-state index in [-0.39, 0.29) is 11.6 Å². The van der Waals surface area contributed by atoms with Crippen molar-refractivity contribution >= 4 is 15.7 Å². The zero-order valence-corrected chi connectivity index (χ0v) is 6.88. The topological polar surface area (TPSA) is 0 Å². The van der Waals surface area contributed by atoms with Crippen molar-refractivity contribution in [1.29, 1.82) is 0 Å². The van der Waals surface area contributed by atoms with E-state index in [0.29, 0.717) is 11.8 Å². The molecular weight excluding hydrogens is 118 g/mol. The predicted octanol–water partition coefficient (Wildman–Crippen LogP) is 1.97. The Morgan fingerprint density at radius 3 is 1.50 bits per heavy atom. The molecule has 1 aliphatic rings. The van der Waals surface area contributed by atoms with Gasteiger partial charge < -0.3 is 0 Å². The van der Waals surface area contributed by atoms with Crippen LogP contribution in [-0.2, 0) is 0 Å². The molecule has 1 fully saturated rings. The average Bonchev–Trinajstić information content (AvgIpc) is 1.93. The number of rotatable bonds is 0. The molecule has 0 spiro atoms. The molecule has 0 aliphatic heterocycles. The van der Waals surface area contributed by atoms with Crippen LogP contribution in [0.25, 0.3) is 0 Å². The van der Waals surface area contributed by atoms with Crippen LogP contribution in [0.2, 0.25) is 11.6 Å². The second kappa shape index (κ2) is 3.02. The van der Waals surface area contributed by atoms with Crippen molar-refractivity contribution in [3.63, 3.8) is 0 Å². The first-order valence-electron chi connectivity index (χ1n) is 4.14. The van der Waals surface area contributed by atoms with Crippen LogP contribution in [0, 0.1) is 11.8 Å².